The van der Waals surface area contributed by atoms with Gasteiger partial charge in [0.1, 0.15) is 5.82 Å². The van der Waals surface area contributed by atoms with E-state index < -0.39 is 15.8 Å². The summed E-state index contributed by atoms with van der Waals surface area (Å²) in [5, 5.41) is 4.94. The monoisotopic (exact) mass is 323 g/mol. The van der Waals surface area contributed by atoms with Crippen LogP contribution in [0.15, 0.2) is 23.1 Å². The summed E-state index contributed by atoms with van der Waals surface area (Å²) < 4.78 is 39.0. The summed E-state index contributed by atoms with van der Waals surface area (Å²) in [5.74, 6) is -0.738. The number of sulfonamides is 1. The van der Waals surface area contributed by atoms with Crippen molar-refractivity contribution in [3.8, 4) is 0 Å². The molecule has 2 amide bonds. The van der Waals surface area contributed by atoms with Gasteiger partial charge in [0.25, 0.3) is 0 Å². The van der Waals surface area contributed by atoms with Gasteiger partial charge in [0, 0.05) is 24.7 Å². The third-order valence-electron chi connectivity index (χ3n) is 2.19. The highest BCUT2D eigenvalue weighted by atomic mass is 35.5. The second-order valence-corrected chi connectivity index (χ2v) is 5.99. The first-order chi connectivity index (χ1) is 9.35. The van der Waals surface area contributed by atoms with Crippen molar-refractivity contribution < 1.29 is 17.6 Å². The topological polar surface area (TPSA) is 87.3 Å². The van der Waals surface area contributed by atoms with Gasteiger partial charge in [-0.25, -0.2) is 22.3 Å². The fourth-order valence-corrected chi connectivity index (χ4v) is 2.73. The number of carbonyl (C=O) groups is 1. The van der Waals surface area contributed by atoms with Gasteiger partial charge >= 0.3 is 6.03 Å². The van der Waals surface area contributed by atoms with Gasteiger partial charge in [0.05, 0.1) is 4.90 Å². The van der Waals surface area contributed by atoms with Crippen molar-refractivity contribution in [2.75, 3.05) is 19.6 Å². The van der Waals surface area contributed by atoms with Crippen molar-refractivity contribution in [2.45, 2.75) is 11.8 Å². The number of carbonyl (C=O) groups excluding carboxylic acids is 1. The Kier molecular flexibility index (Phi) is 6.18. The molecule has 0 saturated heterocycles. The van der Waals surface area contributed by atoms with Crippen LogP contribution < -0.4 is 15.4 Å². The van der Waals surface area contributed by atoms with E-state index in [-0.39, 0.29) is 29.0 Å². The van der Waals surface area contributed by atoms with Crippen LogP contribution in [0, 0.1) is 5.82 Å². The Balaban J connectivity index is 2.56. The largest absolute Gasteiger partial charge is 0.338 e. The standard InChI is InChI=1S/C11H15ClFN3O3S/c1-2-14-11(17)15-3-4-16-20(18,19)10-6-8(12)5-9(13)7-10/h5-7,16H,2-4H2,1H3,(H2,14,15,17). The molecule has 0 aliphatic heterocycles. The van der Waals surface area contributed by atoms with Gasteiger partial charge in [-0.15, -0.1) is 0 Å². The number of hydrogen-bond acceptors (Lipinski definition) is 3. The van der Waals surface area contributed by atoms with Crippen molar-refractivity contribution >= 4 is 27.7 Å². The van der Waals surface area contributed by atoms with E-state index >= 15 is 0 Å². The minimum Gasteiger partial charge on any atom is -0.338 e. The van der Waals surface area contributed by atoms with Crippen LogP contribution in [0.25, 0.3) is 0 Å². The van der Waals surface area contributed by atoms with Crippen LogP contribution in [0.4, 0.5) is 9.18 Å². The van der Waals surface area contributed by atoms with Crippen molar-refractivity contribution in [1.29, 1.82) is 0 Å². The van der Waals surface area contributed by atoms with Crippen LogP contribution in [0.5, 0.6) is 0 Å². The van der Waals surface area contributed by atoms with Crippen LogP contribution in [-0.4, -0.2) is 34.1 Å². The van der Waals surface area contributed by atoms with Crippen LogP contribution in [0.3, 0.4) is 0 Å². The molecule has 0 heterocycles. The zero-order valence-electron chi connectivity index (χ0n) is 10.7. The predicted molar refractivity (Wildman–Crippen MR) is 73.7 cm³/mol. The van der Waals surface area contributed by atoms with Crippen LogP contribution in [-0.2, 0) is 10.0 Å². The summed E-state index contributed by atoms with van der Waals surface area (Å²) in [7, 11) is -3.86. The van der Waals surface area contributed by atoms with Gasteiger partial charge in [0.2, 0.25) is 10.0 Å². The normalized spacial score (nSPS) is 11.2. The first-order valence-corrected chi connectivity index (χ1v) is 7.68. The first-order valence-electron chi connectivity index (χ1n) is 5.82. The molecule has 0 fully saturated rings. The Hall–Kier alpha value is -1.38. The van der Waals surface area contributed by atoms with Crippen molar-refractivity contribution in [2.24, 2.45) is 0 Å². The lowest BCUT2D eigenvalue weighted by molar-refractivity contribution is 0.241. The number of urea groups is 1. The van der Waals surface area contributed by atoms with E-state index in [2.05, 4.69) is 15.4 Å². The quantitative estimate of drug-likeness (QED) is 0.684. The molecule has 0 radical (unpaired) electrons. The molecule has 0 aliphatic carbocycles. The Morgan fingerprint density at radius 3 is 2.55 bits per heavy atom. The van der Waals surface area contributed by atoms with E-state index in [9.17, 15) is 17.6 Å². The Morgan fingerprint density at radius 2 is 1.95 bits per heavy atom. The van der Waals surface area contributed by atoms with E-state index in [0.717, 1.165) is 18.2 Å². The summed E-state index contributed by atoms with van der Waals surface area (Å²) in [4.78, 5) is 10.8. The maximum Gasteiger partial charge on any atom is 0.314 e. The lowest BCUT2D eigenvalue weighted by Crippen LogP contribution is -2.40. The molecule has 1 aromatic rings. The average Bonchev–Trinajstić information content (AvgIpc) is 2.34. The molecular formula is C11H15ClFN3O3S. The van der Waals surface area contributed by atoms with Gasteiger partial charge < -0.3 is 10.6 Å². The fourth-order valence-electron chi connectivity index (χ4n) is 1.35. The van der Waals surface area contributed by atoms with Crippen LogP contribution >= 0.6 is 11.6 Å². The Labute approximate surface area is 121 Å². The molecule has 20 heavy (non-hydrogen) atoms. The lowest BCUT2D eigenvalue weighted by Gasteiger charge is -2.08. The molecule has 0 aliphatic rings. The number of rotatable bonds is 6. The molecule has 0 atom stereocenters. The highest BCUT2D eigenvalue weighted by Gasteiger charge is 2.15. The maximum atomic E-state index is 13.1. The summed E-state index contributed by atoms with van der Waals surface area (Å²) in [5.41, 5.74) is 0. The zero-order valence-corrected chi connectivity index (χ0v) is 12.3. The number of hydrogen-bond donors (Lipinski definition) is 3. The van der Waals surface area contributed by atoms with Crippen molar-refractivity contribution in [3.63, 3.8) is 0 Å². The van der Waals surface area contributed by atoms with E-state index in [4.69, 9.17) is 11.6 Å². The van der Waals surface area contributed by atoms with Gasteiger partial charge in [-0.3, -0.25) is 0 Å². The SMILES string of the molecule is CCNC(=O)NCCNS(=O)(=O)c1cc(F)cc(Cl)c1. The molecule has 0 aromatic heterocycles. The van der Waals surface area contributed by atoms with Gasteiger partial charge in [-0.05, 0) is 25.1 Å². The molecule has 0 spiro atoms. The molecule has 9 heteroatoms. The van der Waals surface area contributed by atoms with Gasteiger partial charge in [0.15, 0.2) is 0 Å². The molecule has 1 rings (SSSR count). The van der Waals surface area contributed by atoms with E-state index in [1.54, 1.807) is 6.92 Å². The third kappa shape index (κ3) is 5.32. The lowest BCUT2D eigenvalue weighted by atomic mass is 10.3. The number of benzene rings is 1. The van der Waals surface area contributed by atoms with Crippen LogP contribution in [0.2, 0.25) is 5.02 Å². The fraction of sp³-hybridized carbons (Fsp3) is 0.364. The highest BCUT2D eigenvalue weighted by molar-refractivity contribution is 7.89. The van der Waals surface area contributed by atoms with E-state index in [1.807, 2.05) is 0 Å². The second-order valence-electron chi connectivity index (χ2n) is 3.79. The number of amides is 2. The summed E-state index contributed by atoms with van der Waals surface area (Å²) in [6.07, 6.45) is 0. The minimum atomic E-state index is -3.86. The number of halogens is 2. The highest BCUT2D eigenvalue weighted by Crippen LogP contribution is 2.17. The average molecular weight is 324 g/mol. The van der Waals surface area contributed by atoms with Crippen molar-refractivity contribution in [1.82, 2.24) is 15.4 Å². The molecular weight excluding hydrogens is 309 g/mol. The van der Waals surface area contributed by atoms with Gasteiger partial charge in [-0.2, -0.15) is 0 Å². The number of nitrogens with one attached hydrogen (secondary N) is 3. The first kappa shape index (κ1) is 16.7. The molecule has 1 aromatic carbocycles. The molecule has 0 unspecified atom stereocenters. The summed E-state index contributed by atoms with van der Waals surface area (Å²) in [6.45, 7) is 2.32. The van der Waals surface area contributed by atoms with Crippen molar-refractivity contribution in [3.05, 3.63) is 29.0 Å². The van der Waals surface area contributed by atoms with E-state index in [1.165, 1.54) is 0 Å². The Bertz CT molecular complexity index is 560. The smallest absolute Gasteiger partial charge is 0.314 e. The second kappa shape index (κ2) is 7.41. The Morgan fingerprint density at radius 1 is 1.25 bits per heavy atom. The third-order valence-corrected chi connectivity index (χ3v) is 3.85. The molecule has 3 N–H and O–H groups in total. The molecule has 6 nitrogen and oxygen atoms in total. The molecule has 112 valence electrons. The minimum absolute atomic E-state index is 0.00850. The molecule has 0 saturated carbocycles. The zero-order chi connectivity index (χ0) is 15.2. The maximum absolute atomic E-state index is 13.1. The van der Waals surface area contributed by atoms with Gasteiger partial charge in [-0.1, -0.05) is 11.6 Å². The van der Waals surface area contributed by atoms with Crippen LogP contribution in [0.1, 0.15) is 6.92 Å². The predicted octanol–water partition coefficient (Wildman–Crippen LogP) is 1.08. The summed E-state index contributed by atoms with van der Waals surface area (Å²) in [6, 6.07) is 2.63. The summed E-state index contributed by atoms with van der Waals surface area (Å²) >= 11 is 5.60. The van der Waals surface area contributed by atoms with E-state index in [0.29, 0.717) is 6.54 Å². The molecule has 0 bridgehead atoms.